The molecule has 0 saturated carbocycles. The predicted octanol–water partition coefficient (Wildman–Crippen LogP) is 1.45. The molecule has 0 atom stereocenters. The zero-order valence-corrected chi connectivity index (χ0v) is 7.06. The molecule has 1 aromatic rings. The fourth-order valence-corrected chi connectivity index (χ4v) is 1.22. The molecule has 0 bridgehead atoms. The maximum Gasteiger partial charge on any atom is 0.117 e. The van der Waals surface area contributed by atoms with Crippen LogP contribution >= 0.6 is 0 Å². The number of hydrogen-bond acceptors (Lipinski definition) is 3. The Balaban J connectivity index is 3.10. The summed E-state index contributed by atoms with van der Waals surface area (Å²) in [5, 5.41) is 0. The largest absolute Gasteiger partial charge is 0.497 e. The second-order valence-electron chi connectivity index (χ2n) is 2.02. The molecule has 11 heavy (non-hydrogen) atoms. The number of benzene rings is 1. The molecule has 0 aliphatic carbocycles. The van der Waals surface area contributed by atoms with E-state index in [1.807, 2.05) is 0 Å². The maximum absolute atomic E-state index is 10.9. The van der Waals surface area contributed by atoms with E-state index < -0.39 is 10.4 Å². The third-order valence-corrected chi connectivity index (χ3v) is 2.08. The first kappa shape index (κ1) is 8.14. The second-order valence-corrected chi connectivity index (χ2v) is 3.19. The molecule has 0 aliphatic heterocycles. The fraction of sp³-hybridized carbons (Fsp3) is 0.125. The first-order chi connectivity index (χ1) is 5.24. The summed E-state index contributed by atoms with van der Waals surface area (Å²) in [6, 6.07) is 7.06. The van der Waals surface area contributed by atoms with Gasteiger partial charge in [0.1, 0.15) is 5.75 Å². The highest BCUT2D eigenvalue weighted by atomic mass is 32.2. The van der Waals surface area contributed by atoms with Gasteiger partial charge in [-0.25, -0.2) is 0 Å². The molecule has 60 valence electrons. The van der Waals surface area contributed by atoms with Crippen LogP contribution in [0.3, 0.4) is 0 Å². The van der Waals surface area contributed by atoms with E-state index in [4.69, 9.17) is 4.74 Å². The van der Waals surface area contributed by atoms with Gasteiger partial charge in [-0.3, -0.25) is 10.4 Å². The van der Waals surface area contributed by atoms with Crippen molar-refractivity contribution in [3.63, 3.8) is 0 Å². The van der Waals surface area contributed by atoms with Crippen molar-refractivity contribution in [3.05, 3.63) is 24.3 Å². The van der Waals surface area contributed by atoms with Crippen LogP contribution in [0.5, 0.6) is 5.75 Å². The lowest BCUT2D eigenvalue weighted by Crippen LogP contribution is -1.84. The summed E-state index contributed by atoms with van der Waals surface area (Å²) < 4.78 is 15.8. The molecule has 0 aliphatic rings. The summed E-state index contributed by atoms with van der Waals surface area (Å²) in [5.41, 5.74) is 0. The van der Waals surface area contributed by atoms with Crippen molar-refractivity contribution >= 4 is 16.3 Å². The van der Waals surface area contributed by atoms with Gasteiger partial charge < -0.3 is 8.95 Å². The molecule has 0 saturated heterocycles. The van der Waals surface area contributed by atoms with Crippen molar-refractivity contribution in [2.24, 2.45) is 0 Å². The standard InChI is InChI=1S/C8H9O2S/c1-10-7-4-3-5-8(6-7)11(2)9/h3-6H,2H2,1H3/q-1. The van der Waals surface area contributed by atoms with Gasteiger partial charge in [-0.1, -0.05) is 12.1 Å². The Labute approximate surface area is 67.9 Å². The highest BCUT2D eigenvalue weighted by molar-refractivity contribution is 7.82. The summed E-state index contributed by atoms with van der Waals surface area (Å²) in [7, 11) is 0.404. The van der Waals surface area contributed by atoms with E-state index in [2.05, 4.69) is 5.87 Å². The molecule has 1 aromatic carbocycles. The Morgan fingerprint density at radius 3 is 2.82 bits per heavy atom. The molecule has 0 spiro atoms. The van der Waals surface area contributed by atoms with Crippen molar-refractivity contribution in [1.29, 1.82) is 0 Å². The minimum Gasteiger partial charge on any atom is -0.497 e. The van der Waals surface area contributed by atoms with Crippen LogP contribution < -0.4 is 4.74 Å². The third-order valence-electron chi connectivity index (χ3n) is 1.30. The maximum atomic E-state index is 10.9. The molecule has 0 unspecified atom stereocenters. The lowest BCUT2D eigenvalue weighted by Gasteiger charge is -2.05. The molecule has 0 fully saturated rings. The molecule has 0 amide bonds. The van der Waals surface area contributed by atoms with E-state index in [-0.39, 0.29) is 0 Å². The van der Waals surface area contributed by atoms with Gasteiger partial charge in [-0.05, 0) is 12.1 Å². The van der Waals surface area contributed by atoms with Crippen LogP contribution in [0.25, 0.3) is 0 Å². The number of ether oxygens (including phenoxy) is 1. The molecular weight excluding hydrogens is 160 g/mol. The molecule has 0 radical (unpaired) electrons. The minimum absolute atomic E-state index is 0.685. The van der Waals surface area contributed by atoms with Gasteiger partial charge >= 0.3 is 0 Å². The van der Waals surface area contributed by atoms with E-state index in [0.29, 0.717) is 10.6 Å². The summed E-state index contributed by atoms with van der Waals surface area (Å²) >= 11 is 0. The van der Waals surface area contributed by atoms with Crippen molar-refractivity contribution < 1.29 is 8.95 Å². The number of hydrogen-bond donors (Lipinski definition) is 0. The summed E-state index contributed by atoms with van der Waals surface area (Å²) in [6.45, 7) is 0. The molecule has 3 heteroatoms. The van der Waals surface area contributed by atoms with Gasteiger partial charge in [0.2, 0.25) is 0 Å². The monoisotopic (exact) mass is 169 g/mol. The lowest BCUT2D eigenvalue weighted by molar-refractivity contribution is 0.413. The highest BCUT2D eigenvalue weighted by Gasteiger charge is 1.86. The fourth-order valence-electron chi connectivity index (χ4n) is 0.743. The third kappa shape index (κ3) is 1.98. The summed E-state index contributed by atoms with van der Waals surface area (Å²) in [6.07, 6.45) is 0. The van der Waals surface area contributed by atoms with Gasteiger partial charge in [-0.15, -0.1) is 4.90 Å². The van der Waals surface area contributed by atoms with Crippen molar-refractivity contribution in [2.75, 3.05) is 7.11 Å². The number of rotatable bonds is 2. The van der Waals surface area contributed by atoms with Crippen molar-refractivity contribution in [1.82, 2.24) is 0 Å². The van der Waals surface area contributed by atoms with Crippen LogP contribution in [0, 0.1) is 0 Å². The van der Waals surface area contributed by atoms with Crippen LogP contribution in [0.2, 0.25) is 0 Å². The van der Waals surface area contributed by atoms with Crippen LogP contribution in [-0.4, -0.2) is 13.0 Å². The van der Waals surface area contributed by atoms with Crippen LogP contribution in [0.15, 0.2) is 29.2 Å². The van der Waals surface area contributed by atoms with Gasteiger partial charge in [0.05, 0.1) is 7.11 Å². The Morgan fingerprint density at radius 2 is 2.27 bits per heavy atom. The van der Waals surface area contributed by atoms with E-state index in [9.17, 15) is 4.21 Å². The van der Waals surface area contributed by atoms with Gasteiger partial charge in [0.25, 0.3) is 0 Å². The normalized spacial score (nSPS) is 10.0. The molecule has 0 heterocycles. The molecule has 0 aromatic heterocycles. The Morgan fingerprint density at radius 1 is 1.55 bits per heavy atom. The van der Waals surface area contributed by atoms with Gasteiger partial charge in [-0.2, -0.15) is 5.87 Å². The van der Waals surface area contributed by atoms with Crippen molar-refractivity contribution in [3.8, 4) is 5.75 Å². The van der Waals surface area contributed by atoms with Crippen LogP contribution in [0.4, 0.5) is 0 Å². The second kappa shape index (κ2) is 3.44. The minimum atomic E-state index is -1.17. The molecule has 1 rings (SSSR count). The molecule has 2 nitrogen and oxygen atoms in total. The van der Waals surface area contributed by atoms with Crippen molar-refractivity contribution in [2.45, 2.75) is 4.90 Å². The Kier molecular flexibility index (Phi) is 2.54. The summed E-state index contributed by atoms with van der Waals surface area (Å²) in [5.74, 6) is 4.11. The molecule has 0 N–H and O–H groups in total. The lowest BCUT2D eigenvalue weighted by atomic mass is 10.3. The molecular formula is C8H9O2S-. The quantitative estimate of drug-likeness (QED) is 0.494. The van der Waals surface area contributed by atoms with E-state index in [0.717, 1.165) is 0 Å². The zero-order valence-electron chi connectivity index (χ0n) is 6.24. The van der Waals surface area contributed by atoms with Crippen LogP contribution in [0.1, 0.15) is 0 Å². The van der Waals surface area contributed by atoms with Gasteiger partial charge in [0, 0.05) is 0 Å². The highest BCUT2D eigenvalue weighted by Crippen LogP contribution is 2.12. The zero-order chi connectivity index (χ0) is 8.27. The van der Waals surface area contributed by atoms with E-state index >= 15 is 0 Å². The average Bonchev–Trinajstić information content (AvgIpc) is 2.05. The Bertz CT molecular complexity index is 308. The van der Waals surface area contributed by atoms with Crippen LogP contribution in [-0.2, 0) is 14.6 Å². The first-order valence-corrected chi connectivity index (χ1v) is 4.41. The number of methoxy groups -OCH3 is 1. The first-order valence-electron chi connectivity index (χ1n) is 3.09. The van der Waals surface area contributed by atoms with E-state index in [1.165, 1.54) is 0 Å². The average molecular weight is 169 g/mol. The smallest absolute Gasteiger partial charge is 0.117 e. The topological polar surface area (TPSA) is 26.3 Å². The summed E-state index contributed by atoms with van der Waals surface area (Å²) in [4.78, 5) is 0.685. The predicted molar refractivity (Wildman–Crippen MR) is 46.4 cm³/mol. The van der Waals surface area contributed by atoms with Gasteiger partial charge in [0.15, 0.2) is 0 Å². The Hall–Kier alpha value is -0.960. The van der Waals surface area contributed by atoms with E-state index in [1.54, 1.807) is 31.4 Å². The SMILES string of the molecule is C=[S-](=O)c1cccc(OC)c1.